The second-order valence-corrected chi connectivity index (χ2v) is 12.9. The molecule has 224 valence electrons. The number of nitrogens with one attached hydrogen (secondary N) is 3. The molecule has 0 unspecified atom stereocenters. The maximum absolute atomic E-state index is 13.4. The number of nitrogens with zero attached hydrogens (tertiary/aromatic N) is 1. The van der Waals surface area contributed by atoms with Crippen molar-refractivity contribution >= 4 is 51.2 Å². The number of carbonyl (C=O) groups excluding carboxylic acids is 5. The van der Waals surface area contributed by atoms with Crippen molar-refractivity contribution in [1.29, 1.82) is 0 Å². The zero-order chi connectivity index (χ0) is 29.1. The molecule has 0 saturated carbocycles. The lowest BCUT2D eigenvalue weighted by atomic mass is 9.96. The number of rotatable bonds is 4. The van der Waals surface area contributed by atoms with Gasteiger partial charge in [-0.1, -0.05) is 41.5 Å². The van der Waals surface area contributed by atoms with Crippen molar-refractivity contribution in [3.05, 3.63) is 12.2 Å². The van der Waals surface area contributed by atoms with E-state index in [1.54, 1.807) is 17.1 Å². The van der Waals surface area contributed by atoms with E-state index < -0.39 is 54.0 Å². The zero-order valence-electron chi connectivity index (χ0n) is 23.0. The summed E-state index contributed by atoms with van der Waals surface area (Å²) in [6.07, 6.45) is 1.08. The lowest BCUT2D eigenvalue weighted by Gasteiger charge is -2.29. The number of aliphatic hydroxyl groups excluding tert-OH is 1. The summed E-state index contributed by atoms with van der Waals surface area (Å²) in [5.74, 6) is -1.66. The van der Waals surface area contributed by atoms with Crippen LogP contribution in [0.1, 0.15) is 46.0 Å². The molecule has 2 fully saturated rings. The van der Waals surface area contributed by atoms with Crippen LogP contribution in [0.3, 0.4) is 0 Å². The predicted molar refractivity (Wildman–Crippen MR) is 151 cm³/mol. The van der Waals surface area contributed by atoms with Crippen molar-refractivity contribution < 1.29 is 38.6 Å². The molecule has 0 aliphatic carbocycles. The Morgan fingerprint density at radius 3 is 2.55 bits per heavy atom. The molecule has 40 heavy (non-hydrogen) atoms. The summed E-state index contributed by atoms with van der Waals surface area (Å²) in [5, 5.41) is 18.9. The van der Waals surface area contributed by atoms with Crippen molar-refractivity contribution in [2.75, 3.05) is 37.8 Å². The summed E-state index contributed by atoms with van der Waals surface area (Å²) in [6.45, 7) is 5.60. The number of morpholine rings is 1. The minimum absolute atomic E-state index is 0.0193. The highest BCUT2D eigenvalue weighted by Crippen LogP contribution is 2.23. The molecular weight excluding hydrogens is 560 g/mol. The van der Waals surface area contributed by atoms with E-state index in [4.69, 9.17) is 9.47 Å². The molecule has 0 radical (unpaired) electrons. The maximum atomic E-state index is 13.4. The Morgan fingerprint density at radius 1 is 1.07 bits per heavy atom. The van der Waals surface area contributed by atoms with Gasteiger partial charge in [0.05, 0.1) is 32.2 Å². The third kappa shape index (κ3) is 10.6. The van der Waals surface area contributed by atoms with Gasteiger partial charge in [0.2, 0.25) is 23.6 Å². The zero-order valence-corrected chi connectivity index (χ0v) is 24.6. The SMILES string of the molecule is CC(C)[C@H]1C[C@@H](O)CC(=O)O[C@@H]2/C=C/CSSC[C@@H](NC(=O)[C@H](CCC(=O)N3CCOCC3)NC(=O)C2)C(=O)N1. The molecule has 4 aliphatic heterocycles. The van der Waals surface area contributed by atoms with Crippen LogP contribution in [-0.4, -0.2) is 108 Å². The Labute approximate surface area is 242 Å². The lowest BCUT2D eigenvalue weighted by Crippen LogP contribution is -2.57. The first-order valence-corrected chi connectivity index (χ1v) is 16.2. The highest BCUT2D eigenvalue weighted by molar-refractivity contribution is 8.76. The van der Waals surface area contributed by atoms with Gasteiger partial charge in [-0.3, -0.25) is 24.0 Å². The van der Waals surface area contributed by atoms with Crippen molar-refractivity contribution in [2.24, 2.45) is 5.92 Å². The number of hydrogen-bond acceptors (Lipinski definition) is 10. The molecule has 4 aliphatic rings. The van der Waals surface area contributed by atoms with Gasteiger partial charge >= 0.3 is 5.97 Å². The molecule has 0 aromatic heterocycles. The van der Waals surface area contributed by atoms with E-state index in [1.165, 1.54) is 21.6 Å². The molecule has 4 heterocycles. The fourth-order valence-corrected chi connectivity index (χ4v) is 6.50. The number of hydrogen-bond donors (Lipinski definition) is 4. The fourth-order valence-electron chi connectivity index (χ4n) is 4.53. The summed E-state index contributed by atoms with van der Waals surface area (Å²) < 4.78 is 10.8. The van der Waals surface area contributed by atoms with Gasteiger partial charge in [-0.25, -0.2) is 0 Å². The second-order valence-electron chi connectivity index (χ2n) is 10.4. The van der Waals surface area contributed by atoms with Gasteiger partial charge < -0.3 is 35.4 Å². The summed E-state index contributed by atoms with van der Waals surface area (Å²) in [5.41, 5.74) is 0. The number of ether oxygens (including phenoxy) is 2. The third-order valence-electron chi connectivity index (χ3n) is 6.86. The first-order valence-electron chi connectivity index (χ1n) is 13.7. The van der Waals surface area contributed by atoms with Crippen LogP contribution in [0.15, 0.2) is 12.2 Å². The Kier molecular flexibility index (Phi) is 13.1. The lowest BCUT2D eigenvalue weighted by molar-refractivity contribution is -0.150. The average molecular weight is 601 g/mol. The number of carbonyl (C=O) groups is 5. The van der Waals surface area contributed by atoms with Gasteiger partial charge in [0, 0.05) is 37.1 Å². The summed E-state index contributed by atoms with van der Waals surface area (Å²) in [4.78, 5) is 66.8. The standard InChI is InChI=1S/C26H40N4O8S2/c1-16(2)20-12-17(31)13-24(34)38-18-4-3-11-39-40-15-21(26(36)28-20)29-25(35)19(27-22(32)14-18)5-6-23(33)30-7-9-37-10-8-30/h3-4,16-21,31H,5-15H2,1-2H3,(H,27,32)(H,28,36)(H,29,35)/b4-3+/t17-,18-,19+,20-,21-/m1/s1. The molecule has 4 rings (SSSR count). The Bertz CT molecular complexity index is 944. The largest absolute Gasteiger partial charge is 0.457 e. The molecule has 12 nitrogen and oxygen atoms in total. The molecule has 4 amide bonds. The highest BCUT2D eigenvalue weighted by Gasteiger charge is 2.32. The number of esters is 1. The monoisotopic (exact) mass is 600 g/mol. The maximum Gasteiger partial charge on any atom is 0.309 e. The summed E-state index contributed by atoms with van der Waals surface area (Å²) in [7, 11) is 2.86. The molecule has 0 aromatic rings. The molecular formula is C26H40N4O8S2. The van der Waals surface area contributed by atoms with E-state index in [1.807, 2.05) is 13.8 Å². The molecule has 0 spiro atoms. The molecule has 0 aromatic carbocycles. The van der Waals surface area contributed by atoms with E-state index in [2.05, 4.69) is 16.0 Å². The fraction of sp³-hybridized carbons (Fsp3) is 0.731. The van der Waals surface area contributed by atoms with Crippen LogP contribution in [0.4, 0.5) is 0 Å². The van der Waals surface area contributed by atoms with Crippen molar-refractivity contribution in [1.82, 2.24) is 20.9 Å². The first kappa shape index (κ1) is 32.2. The van der Waals surface area contributed by atoms with Gasteiger partial charge in [-0.05, 0) is 24.8 Å². The minimum Gasteiger partial charge on any atom is -0.457 e. The van der Waals surface area contributed by atoms with Crippen LogP contribution in [0, 0.1) is 5.92 Å². The van der Waals surface area contributed by atoms with Crippen LogP contribution in [0.2, 0.25) is 0 Å². The molecule has 2 saturated heterocycles. The van der Waals surface area contributed by atoms with Crippen LogP contribution in [0.25, 0.3) is 0 Å². The normalized spacial score (nSPS) is 30.6. The van der Waals surface area contributed by atoms with Crippen molar-refractivity contribution in [3.8, 4) is 0 Å². The Morgan fingerprint density at radius 2 is 1.82 bits per heavy atom. The van der Waals surface area contributed by atoms with E-state index >= 15 is 0 Å². The van der Waals surface area contributed by atoms with Crippen LogP contribution in [-0.2, 0) is 33.4 Å². The third-order valence-corrected chi connectivity index (χ3v) is 9.14. The highest BCUT2D eigenvalue weighted by atomic mass is 33.1. The molecule has 14 heteroatoms. The number of aliphatic hydroxyl groups is 1. The molecule has 4 N–H and O–H groups in total. The quantitative estimate of drug-likeness (QED) is 0.198. The van der Waals surface area contributed by atoms with Crippen molar-refractivity contribution in [2.45, 2.75) is 76.3 Å². The van der Waals surface area contributed by atoms with E-state index in [0.717, 1.165) is 0 Å². The minimum atomic E-state index is -1.08. The van der Waals surface area contributed by atoms with Crippen LogP contribution < -0.4 is 16.0 Å². The predicted octanol–water partition coefficient (Wildman–Crippen LogP) is 0.144. The van der Waals surface area contributed by atoms with Crippen molar-refractivity contribution in [3.63, 3.8) is 0 Å². The van der Waals surface area contributed by atoms with Gasteiger partial charge in [0.15, 0.2) is 0 Å². The molecule has 5 atom stereocenters. The number of amides is 4. The van der Waals surface area contributed by atoms with E-state index in [-0.39, 0.29) is 49.7 Å². The van der Waals surface area contributed by atoms with E-state index in [0.29, 0.717) is 32.1 Å². The smallest absolute Gasteiger partial charge is 0.309 e. The average Bonchev–Trinajstić information content (AvgIpc) is 2.90. The molecule has 2 bridgehead atoms. The summed E-state index contributed by atoms with van der Waals surface area (Å²) in [6, 6.07) is -2.45. The number of fused-ring (bicyclic) bond motifs is 16. The van der Waals surface area contributed by atoms with Gasteiger partial charge in [0.1, 0.15) is 18.2 Å². The van der Waals surface area contributed by atoms with Gasteiger partial charge in [0.25, 0.3) is 0 Å². The topological polar surface area (TPSA) is 163 Å². The van der Waals surface area contributed by atoms with Gasteiger partial charge in [-0.15, -0.1) is 0 Å². The van der Waals surface area contributed by atoms with E-state index in [9.17, 15) is 29.1 Å². The van der Waals surface area contributed by atoms with Crippen LogP contribution in [0.5, 0.6) is 0 Å². The second kappa shape index (κ2) is 16.2. The first-order chi connectivity index (χ1) is 19.1. The van der Waals surface area contributed by atoms with Gasteiger partial charge in [-0.2, -0.15) is 0 Å². The van der Waals surface area contributed by atoms with Crippen LogP contribution >= 0.6 is 21.6 Å². The Hall–Kier alpha value is -2.29. The Balaban J connectivity index is 1.87. The summed E-state index contributed by atoms with van der Waals surface area (Å²) >= 11 is 0.